The van der Waals surface area contributed by atoms with Gasteiger partial charge in [0.2, 0.25) is 0 Å². The molecule has 2 aromatic carbocycles. The number of hydrogen-bond donors (Lipinski definition) is 2. The van der Waals surface area contributed by atoms with Gasteiger partial charge in [-0.3, -0.25) is 0 Å². The van der Waals surface area contributed by atoms with Crippen molar-refractivity contribution in [3.05, 3.63) is 71.7 Å². The number of nitrogens with zero attached hydrogens (tertiary/aromatic N) is 3. The number of halogens is 1. The number of para-hydroxylation sites is 1. The number of anilines is 1. The first-order valence-corrected chi connectivity index (χ1v) is 8.05. The van der Waals surface area contributed by atoms with Crippen LogP contribution in [-0.2, 0) is 0 Å². The van der Waals surface area contributed by atoms with E-state index in [9.17, 15) is 9.50 Å². The molecule has 2 aromatic heterocycles. The molecule has 0 aliphatic heterocycles. The maximum atomic E-state index is 13.8. The van der Waals surface area contributed by atoms with E-state index in [1.54, 1.807) is 22.7 Å². The number of aromatic nitrogens is 3. The predicted octanol–water partition coefficient (Wildman–Crippen LogP) is 3.48. The highest BCUT2D eigenvalue weighted by Crippen LogP contribution is 2.24. The van der Waals surface area contributed by atoms with Crippen molar-refractivity contribution in [2.75, 3.05) is 11.9 Å². The largest absolute Gasteiger partial charge is 0.386 e. The summed E-state index contributed by atoms with van der Waals surface area (Å²) in [7, 11) is 0. The second-order valence-electron chi connectivity index (χ2n) is 5.95. The fourth-order valence-electron chi connectivity index (χ4n) is 2.96. The molecule has 0 aliphatic rings. The summed E-state index contributed by atoms with van der Waals surface area (Å²) in [6, 6.07) is 15.9. The molecule has 2 N–H and O–H groups in total. The average Bonchev–Trinajstić information content (AvgIpc) is 3.00. The van der Waals surface area contributed by atoms with Crippen molar-refractivity contribution in [3.8, 4) is 0 Å². The highest BCUT2D eigenvalue weighted by atomic mass is 19.1. The van der Waals surface area contributed by atoms with Crippen molar-refractivity contribution < 1.29 is 9.50 Å². The number of fused-ring (bicyclic) bond motifs is 3. The Morgan fingerprint density at radius 2 is 1.92 bits per heavy atom. The molecule has 0 spiro atoms. The molecule has 4 rings (SSSR count). The fraction of sp³-hybridized carbons (Fsp3) is 0.158. The van der Waals surface area contributed by atoms with E-state index in [-0.39, 0.29) is 12.1 Å². The SMILES string of the molecule is Cc1cc2nc(NCC(O)c3ccccc3F)c3ccccc3n2n1. The van der Waals surface area contributed by atoms with Crippen LogP contribution in [0.3, 0.4) is 0 Å². The maximum Gasteiger partial charge on any atom is 0.158 e. The van der Waals surface area contributed by atoms with Crippen LogP contribution in [0.5, 0.6) is 0 Å². The average molecular weight is 336 g/mol. The van der Waals surface area contributed by atoms with Crippen LogP contribution in [0, 0.1) is 12.7 Å². The lowest BCUT2D eigenvalue weighted by Gasteiger charge is -2.15. The van der Waals surface area contributed by atoms with E-state index in [4.69, 9.17) is 0 Å². The van der Waals surface area contributed by atoms with E-state index < -0.39 is 11.9 Å². The monoisotopic (exact) mass is 336 g/mol. The lowest BCUT2D eigenvalue weighted by molar-refractivity contribution is 0.186. The third-order valence-corrected chi connectivity index (χ3v) is 4.15. The molecule has 0 aliphatic carbocycles. The molecule has 126 valence electrons. The van der Waals surface area contributed by atoms with Crippen LogP contribution < -0.4 is 5.32 Å². The highest BCUT2D eigenvalue weighted by molar-refractivity contribution is 5.91. The van der Waals surface area contributed by atoms with Gasteiger partial charge in [-0.05, 0) is 25.1 Å². The van der Waals surface area contributed by atoms with Crippen molar-refractivity contribution in [2.45, 2.75) is 13.0 Å². The zero-order valence-corrected chi connectivity index (χ0v) is 13.6. The van der Waals surface area contributed by atoms with E-state index in [2.05, 4.69) is 15.4 Å². The number of aliphatic hydroxyl groups excluding tert-OH is 1. The van der Waals surface area contributed by atoms with Gasteiger partial charge in [0.15, 0.2) is 5.65 Å². The molecule has 0 saturated heterocycles. The first kappa shape index (κ1) is 15.5. The van der Waals surface area contributed by atoms with Gasteiger partial charge < -0.3 is 10.4 Å². The lowest BCUT2D eigenvalue weighted by Crippen LogP contribution is -2.15. The number of aliphatic hydroxyl groups is 1. The Kier molecular flexibility index (Phi) is 3.82. The molecular formula is C19H17FN4O. The molecule has 2 heterocycles. The summed E-state index contributed by atoms with van der Waals surface area (Å²) in [5.74, 6) is 0.217. The standard InChI is InChI=1S/C19H17FN4O/c1-12-10-18-22-19(14-7-3-5-9-16(14)24(18)23-12)21-11-17(25)13-6-2-4-8-15(13)20/h2-10,17,25H,11H2,1H3,(H,21,22). The minimum absolute atomic E-state index is 0.154. The van der Waals surface area contributed by atoms with E-state index in [0.717, 1.165) is 22.2 Å². The molecule has 6 heteroatoms. The second-order valence-corrected chi connectivity index (χ2v) is 5.95. The zero-order valence-electron chi connectivity index (χ0n) is 13.6. The van der Waals surface area contributed by atoms with E-state index in [1.165, 1.54) is 6.07 Å². The minimum Gasteiger partial charge on any atom is -0.386 e. The van der Waals surface area contributed by atoms with Gasteiger partial charge in [0.1, 0.15) is 11.6 Å². The van der Waals surface area contributed by atoms with Crippen LogP contribution >= 0.6 is 0 Å². The van der Waals surface area contributed by atoms with Gasteiger partial charge in [0, 0.05) is 23.6 Å². The van der Waals surface area contributed by atoms with Crippen LogP contribution in [0.25, 0.3) is 16.6 Å². The third-order valence-electron chi connectivity index (χ3n) is 4.15. The van der Waals surface area contributed by atoms with Crippen molar-refractivity contribution in [1.82, 2.24) is 14.6 Å². The van der Waals surface area contributed by atoms with Gasteiger partial charge in [-0.2, -0.15) is 5.10 Å². The molecule has 4 aromatic rings. The molecule has 1 unspecified atom stereocenters. The number of benzene rings is 2. The van der Waals surface area contributed by atoms with Crippen LogP contribution in [0.2, 0.25) is 0 Å². The normalized spacial score (nSPS) is 12.6. The Labute approximate surface area is 143 Å². The van der Waals surface area contributed by atoms with Crippen LogP contribution in [0.4, 0.5) is 10.2 Å². The Bertz CT molecular complexity index is 1060. The molecule has 25 heavy (non-hydrogen) atoms. The highest BCUT2D eigenvalue weighted by Gasteiger charge is 2.14. The first-order valence-electron chi connectivity index (χ1n) is 8.05. The summed E-state index contributed by atoms with van der Waals surface area (Å²) in [4.78, 5) is 4.60. The number of nitrogens with one attached hydrogen (secondary N) is 1. The van der Waals surface area contributed by atoms with Gasteiger partial charge in [0.05, 0.1) is 17.3 Å². The van der Waals surface area contributed by atoms with Gasteiger partial charge in [0.25, 0.3) is 0 Å². The molecule has 0 bridgehead atoms. The summed E-state index contributed by atoms with van der Waals surface area (Å²) in [5.41, 5.74) is 2.78. The number of rotatable bonds is 4. The van der Waals surface area contributed by atoms with Gasteiger partial charge in [-0.15, -0.1) is 0 Å². The van der Waals surface area contributed by atoms with Crippen molar-refractivity contribution in [1.29, 1.82) is 0 Å². The molecule has 0 amide bonds. The topological polar surface area (TPSA) is 62.5 Å². The Morgan fingerprint density at radius 1 is 1.16 bits per heavy atom. The van der Waals surface area contributed by atoms with Gasteiger partial charge in [-0.25, -0.2) is 13.9 Å². The summed E-state index contributed by atoms with van der Waals surface area (Å²) in [6.45, 7) is 2.07. The molecule has 0 fully saturated rings. The Balaban J connectivity index is 1.70. The summed E-state index contributed by atoms with van der Waals surface area (Å²) in [5, 5.41) is 18.8. The van der Waals surface area contributed by atoms with E-state index in [0.29, 0.717) is 5.82 Å². The molecule has 0 saturated carbocycles. The van der Waals surface area contributed by atoms with Crippen LogP contribution in [0.1, 0.15) is 17.4 Å². The summed E-state index contributed by atoms with van der Waals surface area (Å²) < 4.78 is 15.6. The Morgan fingerprint density at radius 3 is 2.76 bits per heavy atom. The number of hydrogen-bond acceptors (Lipinski definition) is 4. The molecular weight excluding hydrogens is 319 g/mol. The second kappa shape index (κ2) is 6.14. The number of aryl methyl sites for hydroxylation is 1. The first-order chi connectivity index (χ1) is 12.1. The molecule has 5 nitrogen and oxygen atoms in total. The molecule has 1 atom stereocenters. The van der Waals surface area contributed by atoms with E-state index in [1.807, 2.05) is 37.3 Å². The van der Waals surface area contributed by atoms with E-state index >= 15 is 0 Å². The van der Waals surface area contributed by atoms with Gasteiger partial charge >= 0.3 is 0 Å². The fourth-order valence-corrected chi connectivity index (χ4v) is 2.96. The Hall–Kier alpha value is -2.99. The van der Waals surface area contributed by atoms with Crippen molar-refractivity contribution in [2.24, 2.45) is 0 Å². The molecule has 0 radical (unpaired) electrons. The van der Waals surface area contributed by atoms with Crippen molar-refractivity contribution in [3.63, 3.8) is 0 Å². The zero-order chi connectivity index (χ0) is 17.4. The predicted molar refractivity (Wildman–Crippen MR) is 95.1 cm³/mol. The minimum atomic E-state index is -0.968. The quantitative estimate of drug-likeness (QED) is 0.599. The smallest absolute Gasteiger partial charge is 0.158 e. The third kappa shape index (κ3) is 2.81. The van der Waals surface area contributed by atoms with Crippen LogP contribution in [-0.4, -0.2) is 26.2 Å². The summed E-state index contributed by atoms with van der Waals surface area (Å²) >= 11 is 0. The maximum absolute atomic E-state index is 13.8. The van der Waals surface area contributed by atoms with Gasteiger partial charge in [-0.1, -0.05) is 30.3 Å². The lowest BCUT2D eigenvalue weighted by atomic mass is 10.1. The van der Waals surface area contributed by atoms with Crippen molar-refractivity contribution >= 4 is 22.4 Å². The van der Waals surface area contributed by atoms with Crippen LogP contribution in [0.15, 0.2) is 54.6 Å². The summed E-state index contributed by atoms with van der Waals surface area (Å²) in [6.07, 6.45) is -0.968.